The molecular weight excluding hydrogens is 206 g/mol. The second kappa shape index (κ2) is 5.75. The van der Waals surface area contributed by atoms with E-state index in [1.165, 1.54) is 0 Å². The van der Waals surface area contributed by atoms with Crippen LogP contribution >= 0.6 is 0 Å². The van der Waals surface area contributed by atoms with E-state index in [2.05, 4.69) is 5.32 Å². The van der Waals surface area contributed by atoms with Gasteiger partial charge in [-0.05, 0) is 19.8 Å². The molecule has 2 heterocycles. The molecule has 0 aromatic heterocycles. The SMILES string of the molecule is CCOCCC(=O)C1CC2COCC(C1)N2. The molecule has 4 heteroatoms. The molecular formula is C12H21NO3. The zero-order chi connectivity index (χ0) is 11.4. The number of ether oxygens (including phenoxy) is 2. The van der Waals surface area contributed by atoms with E-state index in [4.69, 9.17) is 9.47 Å². The average molecular weight is 227 g/mol. The van der Waals surface area contributed by atoms with Crippen LogP contribution in [-0.4, -0.2) is 44.3 Å². The van der Waals surface area contributed by atoms with Crippen LogP contribution in [0.3, 0.4) is 0 Å². The van der Waals surface area contributed by atoms with E-state index < -0.39 is 0 Å². The van der Waals surface area contributed by atoms with Gasteiger partial charge in [0, 0.05) is 31.0 Å². The molecule has 0 amide bonds. The zero-order valence-electron chi connectivity index (χ0n) is 9.91. The van der Waals surface area contributed by atoms with Crippen LogP contribution in [0.4, 0.5) is 0 Å². The third-order valence-corrected chi connectivity index (χ3v) is 3.40. The highest BCUT2D eigenvalue weighted by atomic mass is 16.5. The van der Waals surface area contributed by atoms with Crippen LogP contribution in [0.1, 0.15) is 26.2 Å². The van der Waals surface area contributed by atoms with Gasteiger partial charge in [0.25, 0.3) is 0 Å². The number of hydrogen-bond acceptors (Lipinski definition) is 4. The lowest BCUT2D eigenvalue weighted by molar-refractivity contribution is -0.127. The summed E-state index contributed by atoms with van der Waals surface area (Å²) in [6, 6.07) is 0.766. The molecule has 92 valence electrons. The van der Waals surface area contributed by atoms with Crippen molar-refractivity contribution in [3.63, 3.8) is 0 Å². The quantitative estimate of drug-likeness (QED) is 0.704. The number of fused-ring (bicyclic) bond motifs is 2. The summed E-state index contributed by atoms with van der Waals surface area (Å²) in [5, 5.41) is 3.50. The molecule has 0 saturated carbocycles. The molecule has 2 aliphatic heterocycles. The van der Waals surface area contributed by atoms with Gasteiger partial charge >= 0.3 is 0 Å². The van der Waals surface area contributed by atoms with Crippen LogP contribution in [-0.2, 0) is 14.3 Å². The molecule has 2 rings (SSSR count). The summed E-state index contributed by atoms with van der Waals surface area (Å²) in [6.07, 6.45) is 2.43. The van der Waals surface area contributed by atoms with Crippen LogP contribution in [0.15, 0.2) is 0 Å². The van der Waals surface area contributed by atoms with E-state index >= 15 is 0 Å². The molecule has 2 unspecified atom stereocenters. The molecule has 0 aliphatic carbocycles. The van der Waals surface area contributed by atoms with E-state index in [9.17, 15) is 4.79 Å². The monoisotopic (exact) mass is 227 g/mol. The van der Waals surface area contributed by atoms with Crippen molar-refractivity contribution in [3.8, 4) is 0 Å². The second-order valence-corrected chi connectivity index (χ2v) is 4.68. The Morgan fingerprint density at radius 3 is 2.69 bits per heavy atom. The van der Waals surface area contributed by atoms with Crippen molar-refractivity contribution in [3.05, 3.63) is 0 Å². The Hall–Kier alpha value is -0.450. The lowest BCUT2D eigenvalue weighted by Crippen LogP contribution is -2.55. The maximum Gasteiger partial charge on any atom is 0.138 e. The van der Waals surface area contributed by atoms with E-state index in [0.29, 0.717) is 37.5 Å². The molecule has 0 aromatic rings. The Balaban J connectivity index is 1.78. The minimum absolute atomic E-state index is 0.223. The number of carbonyl (C=O) groups is 1. The fraction of sp³-hybridized carbons (Fsp3) is 0.917. The topological polar surface area (TPSA) is 47.6 Å². The van der Waals surface area contributed by atoms with Gasteiger partial charge in [0.05, 0.1) is 19.8 Å². The van der Waals surface area contributed by atoms with E-state index in [0.717, 1.165) is 26.1 Å². The molecule has 0 spiro atoms. The number of Topliss-reactive ketones (excluding diaryl/α,β-unsaturated/α-hetero) is 1. The van der Waals surface area contributed by atoms with Crippen LogP contribution in [0, 0.1) is 5.92 Å². The number of piperidine rings is 1. The fourth-order valence-corrected chi connectivity index (χ4v) is 2.62. The van der Waals surface area contributed by atoms with Crippen molar-refractivity contribution < 1.29 is 14.3 Å². The van der Waals surface area contributed by atoms with Gasteiger partial charge < -0.3 is 14.8 Å². The largest absolute Gasteiger partial charge is 0.381 e. The molecule has 4 nitrogen and oxygen atoms in total. The molecule has 0 aromatic carbocycles. The average Bonchev–Trinajstić information content (AvgIpc) is 2.28. The zero-order valence-corrected chi connectivity index (χ0v) is 9.91. The highest BCUT2D eigenvalue weighted by Gasteiger charge is 2.34. The van der Waals surface area contributed by atoms with Crippen LogP contribution in [0.25, 0.3) is 0 Å². The third-order valence-electron chi connectivity index (χ3n) is 3.40. The fourth-order valence-electron chi connectivity index (χ4n) is 2.62. The van der Waals surface area contributed by atoms with Gasteiger partial charge in [-0.2, -0.15) is 0 Å². The molecule has 1 N–H and O–H groups in total. The normalized spacial score (nSPS) is 33.7. The second-order valence-electron chi connectivity index (χ2n) is 4.68. The molecule has 2 fully saturated rings. The van der Waals surface area contributed by atoms with Gasteiger partial charge in [0.2, 0.25) is 0 Å². The van der Waals surface area contributed by atoms with Gasteiger partial charge in [-0.25, -0.2) is 0 Å². The van der Waals surface area contributed by atoms with Crippen LogP contribution < -0.4 is 5.32 Å². The van der Waals surface area contributed by atoms with E-state index in [1.54, 1.807) is 0 Å². The first-order valence-corrected chi connectivity index (χ1v) is 6.24. The lowest BCUT2D eigenvalue weighted by Gasteiger charge is -2.39. The molecule has 2 atom stereocenters. The predicted octanol–water partition coefficient (Wildman–Crippen LogP) is 0.749. The highest BCUT2D eigenvalue weighted by molar-refractivity contribution is 5.81. The van der Waals surface area contributed by atoms with Crippen molar-refractivity contribution in [2.24, 2.45) is 5.92 Å². The maximum absolute atomic E-state index is 12.0. The summed E-state index contributed by atoms with van der Waals surface area (Å²) in [5.74, 6) is 0.590. The van der Waals surface area contributed by atoms with Crippen molar-refractivity contribution >= 4 is 5.78 Å². The van der Waals surface area contributed by atoms with Gasteiger partial charge in [-0.3, -0.25) is 4.79 Å². The minimum Gasteiger partial charge on any atom is -0.381 e. The van der Waals surface area contributed by atoms with Crippen LogP contribution in [0.2, 0.25) is 0 Å². The van der Waals surface area contributed by atoms with Crippen LogP contribution in [0.5, 0.6) is 0 Å². The summed E-state index contributed by atoms with van der Waals surface area (Å²) >= 11 is 0. The predicted molar refractivity (Wildman–Crippen MR) is 60.4 cm³/mol. The van der Waals surface area contributed by atoms with E-state index in [1.807, 2.05) is 6.92 Å². The molecule has 2 aliphatic rings. The first-order valence-electron chi connectivity index (χ1n) is 6.24. The number of morpholine rings is 1. The van der Waals surface area contributed by atoms with Gasteiger partial charge in [-0.1, -0.05) is 0 Å². The summed E-state index contributed by atoms with van der Waals surface area (Å²) in [6.45, 7) is 4.73. The Labute approximate surface area is 96.7 Å². The van der Waals surface area contributed by atoms with Gasteiger partial charge in [0.15, 0.2) is 0 Å². The number of ketones is 1. The first kappa shape index (κ1) is 12.0. The number of nitrogens with one attached hydrogen (secondary N) is 1. The van der Waals surface area contributed by atoms with Crippen molar-refractivity contribution in [2.45, 2.75) is 38.3 Å². The minimum atomic E-state index is 0.223. The summed E-state index contributed by atoms with van der Waals surface area (Å²) in [7, 11) is 0. The summed E-state index contributed by atoms with van der Waals surface area (Å²) in [5.41, 5.74) is 0. The lowest BCUT2D eigenvalue weighted by atomic mass is 9.83. The van der Waals surface area contributed by atoms with Crippen molar-refractivity contribution in [2.75, 3.05) is 26.4 Å². The first-order chi connectivity index (χ1) is 7.79. The maximum atomic E-state index is 12.0. The number of hydrogen-bond donors (Lipinski definition) is 1. The van der Waals surface area contributed by atoms with Crippen molar-refractivity contribution in [1.82, 2.24) is 5.32 Å². The van der Waals surface area contributed by atoms with E-state index in [-0.39, 0.29) is 5.92 Å². The third kappa shape index (κ3) is 3.03. The van der Waals surface area contributed by atoms with Gasteiger partial charge in [-0.15, -0.1) is 0 Å². The standard InChI is InChI=1S/C12H21NO3/c1-2-15-4-3-12(14)9-5-10-7-16-8-11(6-9)13-10/h9-11,13H,2-8H2,1H3. The van der Waals surface area contributed by atoms with Crippen molar-refractivity contribution in [1.29, 1.82) is 0 Å². The highest BCUT2D eigenvalue weighted by Crippen LogP contribution is 2.25. The molecule has 0 radical (unpaired) electrons. The number of carbonyl (C=O) groups excluding carboxylic acids is 1. The Bertz CT molecular complexity index is 232. The molecule has 2 saturated heterocycles. The Morgan fingerprint density at radius 1 is 1.38 bits per heavy atom. The smallest absolute Gasteiger partial charge is 0.138 e. The molecule has 16 heavy (non-hydrogen) atoms. The summed E-state index contributed by atoms with van der Waals surface area (Å²) < 4.78 is 10.7. The Kier molecular flexibility index (Phi) is 4.32. The summed E-state index contributed by atoms with van der Waals surface area (Å²) in [4.78, 5) is 12.0. The van der Waals surface area contributed by atoms with Gasteiger partial charge in [0.1, 0.15) is 5.78 Å². The molecule has 2 bridgehead atoms. The number of rotatable bonds is 5. The Morgan fingerprint density at radius 2 is 2.06 bits per heavy atom.